The van der Waals surface area contributed by atoms with Crippen LogP contribution < -0.4 is 15.8 Å². The van der Waals surface area contributed by atoms with E-state index >= 15 is 0 Å². The molecular weight excluding hydrogens is 276 g/mol. The standard InChI is InChI=1S/C17H22N4O/c1-22-16-8-3-2-6-14(16)9-12-20-17(18)21-13-10-15-7-4-5-11-19-15/h2-8,11H,9-10,12-13H2,1H3,(H3,18,20,21). The van der Waals surface area contributed by atoms with E-state index in [1.807, 2.05) is 36.4 Å². The van der Waals surface area contributed by atoms with E-state index in [0.717, 1.165) is 36.4 Å². The first-order valence-electron chi connectivity index (χ1n) is 7.35. The van der Waals surface area contributed by atoms with Gasteiger partial charge in [0.25, 0.3) is 0 Å². The Kier molecular flexibility index (Phi) is 6.23. The number of nitrogens with two attached hydrogens (primary N) is 1. The van der Waals surface area contributed by atoms with Crippen LogP contribution in [0.3, 0.4) is 0 Å². The monoisotopic (exact) mass is 298 g/mol. The zero-order valence-electron chi connectivity index (χ0n) is 12.8. The van der Waals surface area contributed by atoms with Crippen molar-refractivity contribution in [3.63, 3.8) is 0 Å². The zero-order valence-corrected chi connectivity index (χ0v) is 12.8. The van der Waals surface area contributed by atoms with E-state index in [1.54, 1.807) is 13.3 Å². The number of nitrogens with zero attached hydrogens (tertiary/aromatic N) is 2. The van der Waals surface area contributed by atoms with Gasteiger partial charge in [-0.2, -0.15) is 0 Å². The number of rotatable bonds is 7. The van der Waals surface area contributed by atoms with E-state index < -0.39 is 0 Å². The molecule has 0 radical (unpaired) electrons. The Morgan fingerprint density at radius 3 is 2.77 bits per heavy atom. The Morgan fingerprint density at radius 2 is 2.00 bits per heavy atom. The average Bonchev–Trinajstić information content (AvgIpc) is 2.56. The predicted molar refractivity (Wildman–Crippen MR) is 89.1 cm³/mol. The molecule has 116 valence electrons. The zero-order chi connectivity index (χ0) is 15.6. The molecule has 0 spiro atoms. The topological polar surface area (TPSA) is 72.5 Å². The van der Waals surface area contributed by atoms with Crippen LogP contribution in [0.25, 0.3) is 0 Å². The van der Waals surface area contributed by atoms with Gasteiger partial charge < -0.3 is 15.8 Å². The van der Waals surface area contributed by atoms with Gasteiger partial charge in [-0.15, -0.1) is 0 Å². The second-order valence-corrected chi connectivity index (χ2v) is 4.83. The van der Waals surface area contributed by atoms with E-state index in [9.17, 15) is 0 Å². The molecule has 0 aliphatic carbocycles. The molecular formula is C17H22N4O. The number of methoxy groups -OCH3 is 1. The molecule has 5 heteroatoms. The Labute approximate surface area is 131 Å². The van der Waals surface area contributed by atoms with Crippen LogP contribution in [0, 0.1) is 0 Å². The van der Waals surface area contributed by atoms with Gasteiger partial charge in [-0.25, -0.2) is 0 Å². The lowest BCUT2D eigenvalue weighted by atomic mass is 10.1. The Morgan fingerprint density at radius 1 is 1.18 bits per heavy atom. The van der Waals surface area contributed by atoms with Crippen LogP contribution >= 0.6 is 0 Å². The number of para-hydroxylation sites is 1. The van der Waals surface area contributed by atoms with Gasteiger partial charge in [-0.1, -0.05) is 24.3 Å². The third-order valence-corrected chi connectivity index (χ3v) is 3.27. The van der Waals surface area contributed by atoms with Crippen molar-refractivity contribution >= 4 is 5.96 Å². The fraction of sp³-hybridized carbons (Fsp3) is 0.294. The van der Waals surface area contributed by atoms with Gasteiger partial charge >= 0.3 is 0 Å². The minimum atomic E-state index is 0.464. The molecule has 2 rings (SSSR count). The van der Waals surface area contributed by atoms with Gasteiger partial charge in [0.15, 0.2) is 5.96 Å². The molecule has 22 heavy (non-hydrogen) atoms. The largest absolute Gasteiger partial charge is 0.496 e. The summed E-state index contributed by atoms with van der Waals surface area (Å²) < 4.78 is 5.32. The molecule has 1 aromatic carbocycles. The number of ether oxygens (including phenoxy) is 1. The minimum Gasteiger partial charge on any atom is -0.496 e. The fourth-order valence-electron chi connectivity index (χ4n) is 2.13. The lowest BCUT2D eigenvalue weighted by Gasteiger charge is -2.09. The van der Waals surface area contributed by atoms with E-state index in [4.69, 9.17) is 10.5 Å². The fourth-order valence-corrected chi connectivity index (χ4v) is 2.13. The van der Waals surface area contributed by atoms with Crippen molar-refractivity contribution in [2.24, 2.45) is 10.7 Å². The number of benzene rings is 1. The van der Waals surface area contributed by atoms with Gasteiger partial charge in [-0.05, 0) is 30.2 Å². The van der Waals surface area contributed by atoms with Crippen molar-refractivity contribution < 1.29 is 4.74 Å². The van der Waals surface area contributed by atoms with Crippen LogP contribution in [0.4, 0.5) is 0 Å². The summed E-state index contributed by atoms with van der Waals surface area (Å²) in [6.07, 6.45) is 3.41. The van der Waals surface area contributed by atoms with Crippen LogP contribution in [-0.4, -0.2) is 31.1 Å². The van der Waals surface area contributed by atoms with E-state index in [0.29, 0.717) is 12.5 Å². The van der Waals surface area contributed by atoms with Gasteiger partial charge in [0.05, 0.1) is 7.11 Å². The molecule has 0 unspecified atom stereocenters. The summed E-state index contributed by atoms with van der Waals surface area (Å²) >= 11 is 0. The van der Waals surface area contributed by atoms with Crippen LogP contribution in [0.5, 0.6) is 5.75 Å². The minimum absolute atomic E-state index is 0.464. The summed E-state index contributed by atoms with van der Waals surface area (Å²) in [7, 11) is 1.68. The molecule has 0 atom stereocenters. The van der Waals surface area contributed by atoms with Crippen molar-refractivity contribution in [3.05, 3.63) is 59.9 Å². The average molecular weight is 298 g/mol. The molecule has 0 aliphatic heterocycles. The normalized spacial score (nSPS) is 11.2. The summed E-state index contributed by atoms with van der Waals surface area (Å²) in [5, 5.41) is 3.12. The maximum absolute atomic E-state index is 5.86. The van der Waals surface area contributed by atoms with E-state index in [-0.39, 0.29) is 0 Å². The quantitative estimate of drug-likeness (QED) is 0.604. The Hall–Kier alpha value is -2.56. The molecule has 2 aromatic rings. The molecule has 1 heterocycles. The summed E-state index contributed by atoms with van der Waals surface area (Å²) in [4.78, 5) is 8.56. The first-order chi connectivity index (χ1) is 10.8. The van der Waals surface area contributed by atoms with Crippen LogP contribution in [0.1, 0.15) is 11.3 Å². The highest BCUT2D eigenvalue weighted by molar-refractivity contribution is 5.77. The SMILES string of the molecule is COc1ccccc1CCNC(N)=NCCc1ccccn1. The number of hydrogen-bond acceptors (Lipinski definition) is 3. The second kappa shape index (κ2) is 8.67. The van der Waals surface area contributed by atoms with Gasteiger partial charge in [0.2, 0.25) is 0 Å². The number of pyridine rings is 1. The van der Waals surface area contributed by atoms with Crippen molar-refractivity contribution in [2.75, 3.05) is 20.2 Å². The van der Waals surface area contributed by atoms with Crippen molar-refractivity contribution in [1.82, 2.24) is 10.3 Å². The summed E-state index contributed by atoms with van der Waals surface area (Å²) in [6.45, 7) is 1.35. The second-order valence-electron chi connectivity index (χ2n) is 4.83. The molecule has 0 fully saturated rings. The Bertz CT molecular complexity index is 599. The molecule has 0 amide bonds. The summed E-state index contributed by atoms with van der Waals surface area (Å²) in [6, 6.07) is 13.8. The van der Waals surface area contributed by atoms with Crippen LogP contribution in [0.15, 0.2) is 53.7 Å². The van der Waals surface area contributed by atoms with E-state index in [1.165, 1.54) is 0 Å². The number of aliphatic imine (C=N–C) groups is 1. The molecule has 0 saturated heterocycles. The smallest absolute Gasteiger partial charge is 0.188 e. The number of aromatic nitrogens is 1. The third kappa shape index (κ3) is 5.09. The maximum Gasteiger partial charge on any atom is 0.188 e. The van der Waals surface area contributed by atoms with Crippen LogP contribution in [-0.2, 0) is 12.8 Å². The first-order valence-corrected chi connectivity index (χ1v) is 7.35. The lowest BCUT2D eigenvalue weighted by molar-refractivity contribution is 0.409. The number of nitrogens with one attached hydrogen (secondary N) is 1. The number of hydrogen-bond donors (Lipinski definition) is 2. The summed E-state index contributed by atoms with van der Waals surface area (Å²) in [5.41, 5.74) is 8.03. The highest BCUT2D eigenvalue weighted by atomic mass is 16.5. The highest BCUT2D eigenvalue weighted by Crippen LogP contribution is 2.17. The number of guanidine groups is 1. The third-order valence-electron chi connectivity index (χ3n) is 3.27. The molecule has 0 saturated carbocycles. The lowest BCUT2D eigenvalue weighted by Crippen LogP contribution is -2.33. The van der Waals surface area contributed by atoms with Crippen molar-refractivity contribution in [1.29, 1.82) is 0 Å². The van der Waals surface area contributed by atoms with Gasteiger partial charge in [0, 0.05) is 31.4 Å². The van der Waals surface area contributed by atoms with Gasteiger partial charge in [0.1, 0.15) is 5.75 Å². The van der Waals surface area contributed by atoms with Gasteiger partial charge in [-0.3, -0.25) is 9.98 Å². The molecule has 0 aliphatic rings. The maximum atomic E-state index is 5.86. The molecule has 0 bridgehead atoms. The Balaban J connectivity index is 1.73. The molecule has 1 aromatic heterocycles. The van der Waals surface area contributed by atoms with E-state index in [2.05, 4.69) is 21.4 Å². The van der Waals surface area contributed by atoms with Crippen molar-refractivity contribution in [2.45, 2.75) is 12.8 Å². The first kappa shape index (κ1) is 15.8. The highest BCUT2D eigenvalue weighted by Gasteiger charge is 2.01. The van der Waals surface area contributed by atoms with Crippen molar-refractivity contribution in [3.8, 4) is 5.75 Å². The summed E-state index contributed by atoms with van der Waals surface area (Å²) in [5.74, 6) is 1.36. The predicted octanol–water partition coefficient (Wildman–Crippen LogP) is 1.78. The molecule has 5 nitrogen and oxygen atoms in total. The van der Waals surface area contributed by atoms with Crippen LogP contribution in [0.2, 0.25) is 0 Å². The molecule has 3 N–H and O–H groups in total.